The van der Waals surface area contributed by atoms with Gasteiger partial charge in [-0.05, 0) is 73.3 Å². The Morgan fingerprint density at radius 1 is 1.33 bits per heavy atom. The molecule has 0 atom stereocenters. The zero-order valence-corrected chi connectivity index (χ0v) is 14.6. The first-order valence-electron chi connectivity index (χ1n) is 7.55. The summed E-state index contributed by atoms with van der Waals surface area (Å²) in [7, 11) is 0. The van der Waals surface area contributed by atoms with Gasteiger partial charge in [-0.25, -0.2) is 0 Å². The SMILES string of the molecule is CCOc1cc(CNC2CC2)cc(Br)c1OCC=C(C)C. The van der Waals surface area contributed by atoms with E-state index in [4.69, 9.17) is 9.47 Å². The van der Waals surface area contributed by atoms with Crippen molar-refractivity contribution in [3.05, 3.63) is 33.8 Å². The van der Waals surface area contributed by atoms with Crippen molar-refractivity contribution in [1.29, 1.82) is 0 Å². The van der Waals surface area contributed by atoms with E-state index in [0.717, 1.165) is 22.5 Å². The number of nitrogens with one attached hydrogen (secondary N) is 1. The summed E-state index contributed by atoms with van der Waals surface area (Å²) in [5.74, 6) is 1.59. The van der Waals surface area contributed by atoms with Gasteiger partial charge in [0.25, 0.3) is 0 Å². The maximum absolute atomic E-state index is 5.86. The molecule has 1 N–H and O–H groups in total. The Bertz CT molecular complexity index is 506. The lowest BCUT2D eigenvalue weighted by Crippen LogP contribution is -2.15. The zero-order chi connectivity index (χ0) is 15.2. The average Bonchev–Trinajstić information content (AvgIpc) is 3.23. The fourth-order valence-corrected chi connectivity index (χ4v) is 2.57. The van der Waals surface area contributed by atoms with Crippen LogP contribution in [-0.4, -0.2) is 19.3 Å². The Balaban J connectivity index is 2.10. The van der Waals surface area contributed by atoms with E-state index < -0.39 is 0 Å². The summed E-state index contributed by atoms with van der Waals surface area (Å²) in [5, 5.41) is 3.52. The third kappa shape index (κ3) is 5.36. The number of halogens is 1. The van der Waals surface area contributed by atoms with Crippen LogP contribution >= 0.6 is 15.9 Å². The molecule has 0 unspecified atom stereocenters. The highest BCUT2D eigenvalue weighted by Crippen LogP contribution is 2.37. The van der Waals surface area contributed by atoms with Gasteiger partial charge in [-0.1, -0.05) is 5.57 Å². The van der Waals surface area contributed by atoms with Crippen molar-refractivity contribution < 1.29 is 9.47 Å². The largest absolute Gasteiger partial charge is 0.490 e. The molecule has 1 aliphatic carbocycles. The van der Waals surface area contributed by atoms with Crippen LogP contribution in [0.3, 0.4) is 0 Å². The van der Waals surface area contributed by atoms with Gasteiger partial charge in [0.1, 0.15) is 6.61 Å². The Morgan fingerprint density at radius 2 is 2.10 bits per heavy atom. The molecular weight excluding hydrogens is 330 g/mol. The number of hydrogen-bond acceptors (Lipinski definition) is 3. The van der Waals surface area contributed by atoms with Gasteiger partial charge in [-0.15, -0.1) is 0 Å². The lowest BCUT2D eigenvalue weighted by atomic mass is 10.2. The van der Waals surface area contributed by atoms with Crippen LogP contribution in [0.25, 0.3) is 0 Å². The van der Waals surface area contributed by atoms with Gasteiger partial charge in [0.15, 0.2) is 11.5 Å². The number of rotatable bonds is 8. The summed E-state index contributed by atoms with van der Waals surface area (Å²) in [6.07, 6.45) is 4.65. The maximum atomic E-state index is 5.86. The predicted molar refractivity (Wildman–Crippen MR) is 90.1 cm³/mol. The first-order chi connectivity index (χ1) is 10.1. The molecule has 0 aromatic heterocycles. The van der Waals surface area contributed by atoms with Crippen LogP contribution in [0.15, 0.2) is 28.3 Å². The van der Waals surface area contributed by atoms with Crippen LogP contribution < -0.4 is 14.8 Å². The van der Waals surface area contributed by atoms with Crippen LogP contribution in [0.1, 0.15) is 39.2 Å². The molecule has 0 spiro atoms. The minimum absolute atomic E-state index is 0.556. The van der Waals surface area contributed by atoms with Crippen molar-refractivity contribution >= 4 is 15.9 Å². The number of allylic oxidation sites excluding steroid dienone is 1. The second-order valence-electron chi connectivity index (χ2n) is 5.59. The molecule has 0 saturated heterocycles. The van der Waals surface area contributed by atoms with E-state index >= 15 is 0 Å². The molecule has 1 fully saturated rings. The minimum Gasteiger partial charge on any atom is -0.490 e. The van der Waals surface area contributed by atoms with E-state index in [2.05, 4.69) is 53.3 Å². The van der Waals surface area contributed by atoms with E-state index in [1.54, 1.807) is 0 Å². The first kappa shape index (κ1) is 16.4. The Morgan fingerprint density at radius 3 is 2.71 bits per heavy atom. The van der Waals surface area contributed by atoms with Gasteiger partial charge in [0.2, 0.25) is 0 Å². The van der Waals surface area contributed by atoms with Crippen molar-refractivity contribution in [3.63, 3.8) is 0 Å². The monoisotopic (exact) mass is 353 g/mol. The van der Waals surface area contributed by atoms with Gasteiger partial charge in [-0.2, -0.15) is 0 Å². The lowest BCUT2D eigenvalue weighted by Gasteiger charge is -2.15. The van der Waals surface area contributed by atoms with Crippen molar-refractivity contribution in [2.24, 2.45) is 0 Å². The van der Waals surface area contributed by atoms with E-state index in [0.29, 0.717) is 19.3 Å². The molecule has 1 aromatic rings. The molecule has 1 aliphatic rings. The molecule has 0 radical (unpaired) electrons. The lowest BCUT2D eigenvalue weighted by molar-refractivity contribution is 0.294. The summed E-state index contributed by atoms with van der Waals surface area (Å²) in [5.41, 5.74) is 2.46. The van der Waals surface area contributed by atoms with Gasteiger partial charge in [0, 0.05) is 12.6 Å². The van der Waals surface area contributed by atoms with Crippen LogP contribution in [0, 0.1) is 0 Å². The molecule has 2 rings (SSSR count). The zero-order valence-electron chi connectivity index (χ0n) is 13.0. The Kier molecular flexibility index (Phi) is 6.12. The fourth-order valence-electron chi connectivity index (χ4n) is 1.97. The molecule has 3 nitrogen and oxygen atoms in total. The molecule has 0 aliphatic heterocycles. The molecule has 0 amide bonds. The van der Waals surface area contributed by atoms with Crippen LogP contribution in [0.2, 0.25) is 0 Å². The van der Waals surface area contributed by atoms with Crippen LogP contribution in [0.4, 0.5) is 0 Å². The molecular formula is C17H24BrNO2. The van der Waals surface area contributed by atoms with Crippen molar-refractivity contribution in [2.45, 2.75) is 46.2 Å². The maximum Gasteiger partial charge on any atom is 0.175 e. The molecule has 21 heavy (non-hydrogen) atoms. The summed E-state index contributed by atoms with van der Waals surface area (Å²) < 4.78 is 12.5. The summed E-state index contributed by atoms with van der Waals surface area (Å²) in [6.45, 7) is 8.18. The molecule has 0 heterocycles. The van der Waals surface area contributed by atoms with Gasteiger partial charge in [0.05, 0.1) is 11.1 Å². The van der Waals surface area contributed by atoms with Crippen molar-refractivity contribution in [1.82, 2.24) is 5.32 Å². The number of benzene rings is 1. The predicted octanol–water partition coefficient (Wildman–Crippen LogP) is 4.44. The third-order valence-corrected chi connectivity index (χ3v) is 3.85. The number of hydrogen-bond donors (Lipinski definition) is 1. The van der Waals surface area contributed by atoms with Crippen molar-refractivity contribution in [2.75, 3.05) is 13.2 Å². The number of ether oxygens (including phenoxy) is 2. The van der Waals surface area contributed by atoms with E-state index in [1.807, 2.05) is 6.92 Å². The molecule has 1 aromatic carbocycles. The molecule has 1 saturated carbocycles. The topological polar surface area (TPSA) is 30.5 Å². The quantitative estimate of drug-likeness (QED) is 0.700. The van der Waals surface area contributed by atoms with Crippen LogP contribution in [0.5, 0.6) is 11.5 Å². The smallest absolute Gasteiger partial charge is 0.175 e. The van der Waals surface area contributed by atoms with Crippen molar-refractivity contribution in [3.8, 4) is 11.5 Å². The summed E-state index contributed by atoms with van der Waals surface area (Å²) in [6, 6.07) is 4.88. The highest BCUT2D eigenvalue weighted by atomic mass is 79.9. The Hall–Kier alpha value is -1.00. The normalized spacial score (nSPS) is 13.9. The third-order valence-electron chi connectivity index (χ3n) is 3.26. The van der Waals surface area contributed by atoms with Gasteiger partial charge >= 0.3 is 0 Å². The van der Waals surface area contributed by atoms with Crippen LogP contribution in [-0.2, 0) is 6.54 Å². The summed E-state index contributed by atoms with van der Waals surface area (Å²) >= 11 is 3.60. The van der Waals surface area contributed by atoms with E-state index in [-0.39, 0.29) is 0 Å². The fraction of sp³-hybridized carbons (Fsp3) is 0.529. The van der Waals surface area contributed by atoms with Gasteiger partial charge < -0.3 is 14.8 Å². The second-order valence-corrected chi connectivity index (χ2v) is 6.44. The molecule has 116 valence electrons. The minimum atomic E-state index is 0.556. The second kappa shape index (κ2) is 7.85. The van der Waals surface area contributed by atoms with E-state index in [9.17, 15) is 0 Å². The summed E-state index contributed by atoms with van der Waals surface area (Å²) in [4.78, 5) is 0. The standard InChI is InChI=1S/C17H24BrNO2/c1-4-20-16-10-13(11-19-14-5-6-14)9-15(18)17(16)21-8-7-12(2)3/h7,9-10,14,19H,4-6,8,11H2,1-3H3. The highest BCUT2D eigenvalue weighted by molar-refractivity contribution is 9.10. The van der Waals surface area contributed by atoms with Gasteiger partial charge in [-0.3, -0.25) is 0 Å². The first-order valence-corrected chi connectivity index (χ1v) is 8.34. The molecule has 4 heteroatoms. The van der Waals surface area contributed by atoms with E-state index in [1.165, 1.54) is 24.0 Å². The highest BCUT2D eigenvalue weighted by Gasteiger charge is 2.20. The average molecular weight is 354 g/mol. The molecule has 0 bridgehead atoms. The Labute approximate surface area is 135 Å².